The van der Waals surface area contributed by atoms with Crippen LogP contribution in [-0.4, -0.2) is 35.9 Å². The van der Waals surface area contributed by atoms with Gasteiger partial charge in [0.15, 0.2) is 0 Å². The van der Waals surface area contributed by atoms with Crippen molar-refractivity contribution < 1.29 is 14.3 Å². The fourth-order valence-electron chi connectivity index (χ4n) is 2.98. The molecular weight excluding hydrogens is 292 g/mol. The fraction of sp³-hybridized carbons (Fsp3) is 0.556. The molecule has 1 aromatic carbocycles. The highest BCUT2D eigenvalue weighted by atomic mass is 16.5. The number of likely N-dealkylation sites (tertiary alicyclic amines) is 1. The lowest BCUT2D eigenvalue weighted by Gasteiger charge is -2.35. The number of benzene rings is 1. The normalized spacial score (nSPS) is 17.8. The lowest BCUT2D eigenvalue weighted by molar-refractivity contribution is -0.136. The summed E-state index contributed by atoms with van der Waals surface area (Å²) in [6.45, 7) is 5.15. The Hall–Kier alpha value is -2.04. The average molecular weight is 318 g/mol. The molecule has 1 saturated heterocycles. The zero-order valence-corrected chi connectivity index (χ0v) is 14.0. The molecule has 0 spiro atoms. The molecule has 1 aliphatic rings. The van der Waals surface area contributed by atoms with E-state index >= 15 is 0 Å². The van der Waals surface area contributed by atoms with Crippen LogP contribution in [0, 0.1) is 13.8 Å². The summed E-state index contributed by atoms with van der Waals surface area (Å²) in [6, 6.07) is 5.87. The van der Waals surface area contributed by atoms with E-state index in [1.165, 1.54) is 11.1 Å². The molecule has 0 aromatic heterocycles. The van der Waals surface area contributed by atoms with E-state index in [4.69, 9.17) is 10.5 Å². The Bertz CT molecular complexity index is 571. The van der Waals surface area contributed by atoms with Crippen LogP contribution in [0.15, 0.2) is 18.2 Å². The molecule has 0 bridgehead atoms. The van der Waals surface area contributed by atoms with Gasteiger partial charge < -0.3 is 15.4 Å². The second kappa shape index (κ2) is 7.99. The van der Waals surface area contributed by atoms with Crippen LogP contribution in [0.4, 0.5) is 0 Å². The molecule has 1 fully saturated rings. The number of primary amides is 1. The number of rotatable bonds is 6. The third-order valence-electron chi connectivity index (χ3n) is 4.45. The van der Waals surface area contributed by atoms with Crippen LogP contribution in [0.3, 0.4) is 0 Å². The number of piperidine rings is 1. The number of nitrogens with two attached hydrogens (primary N) is 1. The SMILES string of the molecule is Cc1ccc(OCCC(=O)N2CCCC[C@H]2CC(N)=O)cc1C. The van der Waals surface area contributed by atoms with E-state index in [1.807, 2.05) is 25.1 Å². The summed E-state index contributed by atoms with van der Waals surface area (Å²) in [5.74, 6) is 0.481. The minimum atomic E-state index is -0.346. The molecule has 1 aromatic rings. The molecule has 0 unspecified atom stereocenters. The van der Waals surface area contributed by atoms with Gasteiger partial charge in [-0.1, -0.05) is 6.07 Å². The molecule has 0 radical (unpaired) electrons. The largest absolute Gasteiger partial charge is 0.493 e. The summed E-state index contributed by atoms with van der Waals surface area (Å²) in [4.78, 5) is 25.4. The van der Waals surface area contributed by atoms with Crippen molar-refractivity contribution in [1.82, 2.24) is 4.90 Å². The van der Waals surface area contributed by atoms with E-state index in [9.17, 15) is 9.59 Å². The quantitative estimate of drug-likeness (QED) is 0.875. The lowest BCUT2D eigenvalue weighted by Crippen LogP contribution is -2.45. The van der Waals surface area contributed by atoms with Crippen LogP contribution >= 0.6 is 0 Å². The number of hydrogen-bond acceptors (Lipinski definition) is 3. The van der Waals surface area contributed by atoms with Gasteiger partial charge in [-0.2, -0.15) is 0 Å². The number of aryl methyl sites for hydroxylation is 2. The summed E-state index contributed by atoms with van der Waals surface area (Å²) in [5.41, 5.74) is 7.68. The maximum atomic E-state index is 12.4. The van der Waals surface area contributed by atoms with Crippen molar-refractivity contribution in [3.05, 3.63) is 29.3 Å². The van der Waals surface area contributed by atoms with Gasteiger partial charge in [0.25, 0.3) is 0 Å². The first kappa shape index (κ1) is 17.3. The zero-order valence-electron chi connectivity index (χ0n) is 14.0. The lowest BCUT2D eigenvalue weighted by atomic mass is 9.98. The van der Waals surface area contributed by atoms with Crippen molar-refractivity contribution in [2.24, 2.45) is 5.73 Å². The third-order valence-corrected chi connectivity index (χ3v) is 4.45. The van der Waals surface area contributed by atoms with E-state index in [2.05, 4.69) is 6.92 Å². The van der Waals surface area contributed by atoms with Crippen LogP contribution in [-0.2, 0) is 9.59 Å². The highest BCUT2D eigenvalue weighted by Crippen LogP contribution is 2.21. The van der Waals surface area contributed by atoms with Gasteiger partial charge in [-0.15, -0.1) is 0 Å². The Morgan fingerprint density at radius 2 is 2.04 bits per heavy atom. The van der Waals surface area contributed by atoms with Gasteiger partial charge in [0.05, 0.1) is 13.0 Å². The van der Waals surface area contributed by atoms with Crippen LogP contribution in [0.25, 0.3) is 0 Å². The van der Waals surface area contributed by atoms with Crippen molar-refractivity contribution in [2.45, 2.75) is 52.0 Å². The standard InChI is InChI=1S/C18H26N2O3/c1-13-6-7-16(11-14(13)2)23-10-8-18(22)20-9-4-3-5-15(20)12-17(19)21/h6-7,11,15H,3-5,8-10,12H2,1-2H3,(H2,19,21)/t15-/m0/s1. The van der Waals surface area contributed by atoms with E-state index in [0.29, 0.717) is 19.6 Å². The van der Waals surface area contributed by atoms with Gasteiger partial charge in [0.1, 0.15) is 5.75 Å². The molecule has 2 rings (SSSR count). The molecule has 0 saturated carbocycles. The Kier molecular flexibility index (Phi) is 6.02. The van der Waals surface area contributed by atoms with Crippen LogP contribution < -0.4 is 10.5 Å². The molecule has 5 heteroatoms. The first-order chi connectivity index (χ1) is 11.0. The highest BCUT2D eigenvalue weighted by molar-refractivity contribution is 5.79. The summed E-state index contributed by atoms with van der Waals surface area (Å²) >= 11 is 0. The summed E-state index contributed by atoms with van der Waals surface area (Å²) in [7, 11) is 0. The third kappa shape index (κ3) is 4.98. The van der Waals surface area contributed by atoms with Crippen molar-refractivity contribution in [3.63, 3.8) is 0 Å². The van der Waals surface area contributed by atoms with Gasteiger partial charge in [0, 0.05) is 19.0 Å². The monoisotopic (exact) mass is 318 g/mol. The second-order valence-corrected chi connectivity index (χ2v) is 6.25. The Morgan fingerprint density at radius 3 is 2.74 bits per heavy atom. The predicted molar refractivity (Wildman–Crippen MR) is 89.2 cm³/mol. The van der Waals surface area contributed by atoms with E-state index in [1.54, 1.807) is 4.90 Å². The molecule has 1 heterocycles. The van der Waals surface area contributed by atoms with Gasteiger partial charge >= 0.3 is 0 Å². The van der Waals surface area contributed by atoms with E-state index in [0.717, 1.165) is 25.0 Å². The topological polar surface area (TPSA) is 72.6 Å². The molecule has 126 valence electrons. The molecule has 5 nitrogen and oxygen atoms in total. The second-order valence-electron chi connectivity index (χ2n) is 6.25. The van der Waals surface area contributed by atoms with Gasteiger partial charge in [0.2, 0.25) is 11.8 Å². The summed E-state index contributed by atoms with van der Waals surface area (Å²) in [5, 5.41) is 0. The predicted octanol–water partition coefficient (Wildman–Crippen LogP) is 2.33. The van der Waals surface area contributed by atoms with Crippen LogP contribution in [0.2, 0.25) is 0 Å². The fourth-order valence-corrected chi connectivity index (χ4v) is 2.98. The first-order valence-corrected chi connectivity index (χ1v) is 8.25. The van der Waals surface area contributed by atoms with Gasteiger partial charge in [-0.05, 0) is 56.4 Å². The highest BCUT2D eigenvalue weighted by Gasteiger charge is 2.27. The van der Waals surface area contributed by atoms with Crippen molar-refractivity contribution in [2.75, 3.05) is 13.2 Å². The smallest absolute Gasteiger partial charge is 0.226 e. The maximum Gasteiger partial charge on any atom is 0.226 e. The molecule has 1 atom stereocenters. The van der Waals surface area contributed by atoms with Crippen LogP contribution in [0.1, 0.15) is 43.2 Å². The molecule has 1 aliphatic heterocycles. The van der Waals surface area contributed by atoms with E-state index < -0.39 is 0 Å². The average Bonchev–Trinajstić information content (AvgIpc) is 2.50. The van der Waals surface area contributed by atoms with Crippen LogP contribution in [0.5, 0.6) is 5.75 Å². The van der Waals surface area contributed by atoms with Crippen molar-refractivity contribution in [3.8, 4) is 5.75 Å². The van der Waals surface area contributed by atoms with Gasteiger partial charge in [-0.25, -0.2) is 0 Å². The number of carbonyl (C=O) groups excluding carboxylic acids is 2. The Balaban J connectivity index is 1.85. The van der Waals surface area contributed by atoms with Crippen molar-refractivity contribution in [1.29, 1.82) is 0 Å². The molecular formula is C18H26N2O3. The summed E-state index contributed by atoms with van der Waals surface area (Å²) in [6.07, 6.45) is 3.46. The van der Waals surface area contributed by atoms with E-state index in [-0.39, 0.29) is 24.3 Å². The maximum absolute atomic E-state index is 12.4. The minimum absolute atomic E-state index is 0.0415. The minimum Gasteiger partial charge on any atom is -0.493 e. The summed E-state index contributed by atoms with van der Waals surface area (Å²) < 4.78 is 5.68. The first-order valence-electron chi connectivity index (χ1n) is 8.25. The Labute approximate surface area is 137 Å². The molecule has 2 amide bonds. The molecule has 23 heavy (non-hydrogen) atoms. The number of carbonyl (C=O) groups is 2. The van der Waals surface area contributed by atoms with Gasteiger partial charge in [-0.3, -0.25) is 9.59 Å². The molecule has 2 N–H and O–H groups in total. The number of ether oxygens (including phenoxy) is 1. The number of amides is 2. The number of hydrogen-bond donors (Lipinski definition) is 1. The Morgan fingerprint density at radius 1 is 1.26 bits per heavy atom. The zero-order chi connectivity index (χ0) is 16.8. The molecule has 0 aliphatic carbocycles. The van der Waals surface area contributed by atoms with Crippen molar-refractivity contribution >= 4 is 11.8 Å². The number of nitrogens with zero attached hydrogens (tertiary/aromatic N) is 1.